The second kappa shape index (κ2) is 19.2. The number of phenols is 1. The number of rotatable bonds is 9. The fourth-order valence-corrected chi connectivity index (χ4v) is 8.19. The molecule has 3 N–H and O–H groups in total. The van der Waals surface area contributed by atoms with Crippen molar-refractivity contribution in [2.45, 2.75) is 12.4 Å². The smallest absolute Gasteiger partial charge is 0.416 e. The van der Waals surface area contributed by atoms with Gasteiger partial charge in [-0.05, 0) is 123 Å². The molecule has 0 aliphatic carbocycles. The van der Waals surface area contributed by atoms with Crippen LogP contribution in [0.2, 0.25) is 0 Å². The summed E-state index contributed by atoms with van der Waals surface area (Å²) in [5.74, 6) is 1.05. The van der Waals surface area contributed by atoms with Crippen molar-refractivity contribution in [2.24, 2.45) is 0 Å². The lowest BCUT2D eigenvalue weighted by molar-refractivity contribution is -0.138. The van der Waals surface area contributed by atoms with E-state index in [4.69, 9.17) is 4.74 Å². The van der Waals surface area contributed by atoms with Crippen molar-refractivity contribution in [1.82, 2.24) is 39.0 Å². The van der Waals surface area contributed by atoms with E-state index in [-0.39, 0.29) is 22.6 Å². The van der Waals surface area contributed by atoms with Crippen LogP contribution in [-0.4, -0.2) is 118 Å². The van der Waals surface area contributed by atoms with Gasteiger partial charge in [0.2, 0.25) is 0 Å². The van der Waals surface area contributed by atoms with Gasteiger partial charge in [0.1, 0.15) is 11.5 Å². The summed E-state index contributed by atoms with van der Waals surface area (Å²) in [5, 5.41) is 25.8. The van der Waals surface area contributed by atoms with Crippen LogP contribution in [0.3, 0.4) is 0 Å². The molecule has 0 unspecified atom stereocenters. The SMILES string of the molecule is CN1CCN(c2ccc(Nc3ccc4ncc(-c5cc(C(F)(F)F)ccc5O)n4n3)cc2)CC1.COc1ccc(C(F)(F)F)cc1-c1cnc2ccc(Nc3ccc(N4CCN(C)CC4)cc3)nn12. The number of aromatic nitrogens is 6. The van der Waals surface area contributed by atoms with E-state index in [0.717, 1.165) is 99.8 Å². The standard InChI is InChI=1S/C25H25F3N6O.C24H23F3N6O/c1-32-11-13-33(14-12-32)19-6-4-18(5-7-19)30-23-9-10-24-29-16-21(34(24)31-23)20-15-17(25(26,27)28)3-8-22(20)35-2;1-31-10-12-32(13-11-31)18-5-3-17(4-6-18)29-22-8-9-23-28-15-20(33(23)30-22)19-14-16(24(25,26)27)2-7-21(19)34/h3-10,15-16H,11-14H2,1-2H3,(H,30,31);2-9,14-15,34H,10-13H2,1H3,(H,29,30). The van der Waals surface area contributed by atoms with Crippen molar-refractivity contribution in [1.29, 1.82) is 0 Å². The fourth-order valence-electron chi connectivity index (χ4n) is 8.19. The minimum absolute atomic E-state index is 0.00324. The van der Waals surface area contributed by atoms with Gasteiger partial charge in [-0.2, -0.15) is 26.3 Å². The number of nitrogens with zero attached hydrogens (tertiary/aromatic N) is 10. The Bertz CT molecular complexity index is 3050. The quantitative estimate of drug-likeness (QED) is 0.119. The molecule has 20 heteroatoms. The van der Waals surface area contributed by atoms with Crippen LogP contribution in [0.1, 0.15) is 11.1 Å². The second-order valence-electron chi connectivity index (χ2n) is 16.8. The fraction of sp³-hybridized carbons (Fsp3) is 0.265. The number of benzene rings is 4. The van der Waals surface area contributed by atoms with Crippen molar-refractivity contribution in [3.8, 4) is 34.0 Å². The Balaban J connectivity index is 0.000000172. The van der Waals surface area contributed by atoms with Gasteiger partial charge in [-0.15, -0.1) is 10.2 Å². The first-order valence-electron chi connectivity index (χ1n) is 22.1. The summed E-state index contributed by atoms with van der Waals surface area (Å²) < 4.78 is 87.8. The van der Waals surface area contributed by atoms with E-state index in [2.05, 4.69) is 88.8 Å². The molecule has 10 rings (SSSR count). The van der Waals surface area contributed by atoms with Gasteiger partial charge in [0.15, 0.2) is 22.9 Å². The van der Waals surface area contributed by atoms with Crippen LogP contribution < -0.4 is 25.2 Å². The van der Waals surface area contributed by atoms with Gasteiger partial charge in [0.05, 0.1) is 42.0 Å². The van der Waals surface area contributed by atoms with Crippen molar-refractivity contribution in [3.63, 3.8) is 0 Å². The third-order valence-electron chi connectivity index (χ3n) is 12.1. The van der Waals surface area contributed by atoms with Gasteiger partial charge >= 0.3 is 12.4 Å². The van der Waals surface area contributed by atoms with E-state index in [9.17, 15) is 31.4 Å². The molecule has 0 amide bonds. The molecule has 8 aromatic rings. The minimum Gasteiger partial charge on any atom is -0.507 e. The Labute approximate surface area is 393 Å². The Morgan fingerprint density at radius 1 is 0.522 bits per heavy atom. The second-order valence-corrected chi connectivity index (χ2v) is 16.8. The topological polar surface area (TPSA) is 127 Å². The lowest BCUT2D eigenvalue weighted by Gasteiger charge is -2.34. The Morgan fingerprint density at radius 3 is 1.38 bits per heavy atom. The van der Waals surface area contributed by atoms with Gasteiger partial charge in [0.25, 0.3) is 0 Å². The van der Waals surface area contributed by atoms with Crippen LogP contribution in [-0.2, 0) is 12.4 Å². The number of hydrogen-bond acceptors (Lipinski definition) is 12. The number of likely N-dealkylation sites (N-methyl/N-ethyl adjacent to an activating group) is 2. The molecule has 0 bridgehead atoms. The highest BCUT2D eigenvalue weighted by molar-refractivity contribution is 5.73. The van der Waals surface area contributed by atoms with Crippen LogP contribution >= 0.6 is 0 Å². The number of piperazine rings is 2. The van der Waals surface area contributed by atoms with Crippen LogP contribution in [0.25, 0.3) is 33.8 Å². The first kappa shape index (κ1) is 46.5. The van der Waals surface area contributed by atoms with E-state index in [1.807, 2.05) is 24.3 Å². The molecule has 0 spiro atoms. The van der Waals surface area contributed by atoms with E-state index in [1.54, 1.807) is 24.3 Å². The molecule has 358 valence electrons. The zero-order valence-corrected chi connectivity index (χ0v) is 37.8. The summed E-state index contributed by atoms with van der Waals surface area (Å²) >= 11 is 0. The molecule has 2 fully saturated rings. The Kier molecular flexibility index (Phi) is 12.9. The summed E-state index contributed by atoms with van der Waals surface area (Å²) in [7, 11) is 5.67. The van der Waals surface area contributed by atoms with E-state index in [1.165, 1.54) is 40.3 Å². The van der Waals surface area contributed by atoms with Crippen molar-refractivity contribution >= 4 is 45.7 Å². The molecule has 2 saturated heterocycles. The zero-order chi connectivity index (χ0) is 48.5. The monoisotopic (exact) mass is 950 g/mol. The molecule has 4 aromatic heterocycles. The molecule has 0 atom stereocenters. The third-order valence-corrected chi connectivity index (χ3v) is 12.1. The van der Waals surface area contributed by atoms with Crippen molar-refractivity contribution < 1.29 is 36.2 Å². The number of anilines is 6. The number of alkyl halides is 6. The predicted molar refractivity (Wildman–Crippen MR) is 254 cm³/mol. The van der Waals surface area contributed by atoms with Crippen molar-refractivity contribution in [3.05, 3.63) is 133 Å². The molecule has 0 radical (unpaired) electrons. The number of imidazole rings is 2. The molecule has 4 aromatic carbocycles. The maximum Gasteiger partial charge on any atom is 0.416 e. The molecule has 2 aliphatic heterocycles. The minimum atomic E-state index is -4.53. The normalized spacial score (nSPS) is 15.0. The molecular formula is C49H48F6N12O2. The third kappa shape index (κ3) is 10.5. The van der Waals surface area contributed by atoms with Gasteiger partial charge in [-0.25, -0.2) is 19.0 Å². The van der Waals surface area contributed by atoms with E-state index >= 15 is 0 Å². The first-order chi connectivity index (χ1) is 33.1. The Morgan fingerprint density at radius 2 is 0.942 bits per heavy atom. The molecule has 6 heterocycles. The largest absolute Gasteiger partial charge is 0.507 e. The van der Waals surface area contributed by atoms with Gasteiger partial charge in [-0.1, -0.05) is 0 Å². The number of nitrogens with one attached hydrogen (secondary N) is 2. The van der Waals surface area contributed by atoms with E-state index < -0.39 is 23.5 Å². The maximum absolute atomic E-state index is 13.3. The lowest BCUT2D eigenvalue weighted by atomic mass is 10.1. The number of ether oxygens (including phenoxy) is 1. The van der Waals surface area contributed by atoms with Crippen LogP contribution in [0.15, 0.2) is 122 Å². The number of halogens is 6. The average molecular weight is 951 g/mol. The lowest BCUT2D eigenvalue weighted by Crippen LogP contribution is -2.44. The predicted octanol–water partition coefficient (Wildman–Crippen LogP) is 9.54. The van der Waals surface area contributed by atoms with Gasteiger partial charge < -0.3 is 40.1 Å². The Hall–Kier alpha value is -7.58. The summed E-state index contributed by atoms with van der Waals surface area (Å²) in [6.45, 7) is 8.06. The van der Waals surface area contributed by atoms with Crippen molar-refractivity contribution in [2.75, 3.05) is 94.0 Å². The first-order valence-corrected chi connectivity index (χ1v) is 22.1. The van der Waals surface area contributed by atoms with Crippen LogP contribution in [0, 0.1) is 0 Å². The number of hydrogen-bond donors (Lipinski definition) is 3. The molecule has 14 nitrogen and oxygen atoms in total. The number of methoxy groups -OCH3 is 1. The summed E-state index contributed by atoms with van der Waals surface area (Å²) in [6.07, 6.45) is -6.11. The summed E-state index contributed by atoms with van der Waals surface area (Å²) in [5.41, 5.74) is 4.26. The van der Waals surface area contributed by atoms with Crippen LogP contribution in [0.5, 0.6) is 11.5 Å². The molecule has 2 aliphatic rings. The molecule has 0 saturated carbocycles. The molecule has 69 heavy (non-hydrogen) atoms. The van der Waals surface area contributed by atoms with Crippen LogP contribution in [0.4, 0.5) is 60.7 Å². The highest BCUT2D eigenvalue weighted by atomic mass is 19.4. The number of aromatic hydroxyl groups is 1. The van der Waals surface area contributed by atoms with Gasteiger partial charge in [0, 0.05) is 86.2 Å². The highest BCUT2D eigenvalue weighted by Gasteiger charge is 2.33. The average Bonchev–Trinajstić information content (AvgIpc) is 3.96. The number of fused-ring (bicyclic) bond motifs is 2. The summed E-state index contributed by atoms with van der Waals surface area (Å²) in [4.78, 5) is 17.8. The highest BCUT2D eigenvalue weighted by Crippen LogP contribution is 2.39. The zero-order valence-electron chi connectivity index (χ0n) is 37.8. The molecular weight excluding hydrogens is 903 g/mol. The maximum atomic E-state index is 13.3. The summed E-state index contributed by atoms with van der Waals surface area (Å²) in [6, 6.07) is 29.3. The van der Waals surface area contributed by atoms with E-state index in [0.29, 0.717) is 34.4 Å². The van der Waals surface area contributed by atoms with Gasteiger partial charge in [-0.3, -0.25) is 0 Å². The number of phenolic OH excluding ortho intramolecular Hbond substituents is 1.